The summed E-state index contributed by atoms with van der Waals surface area (Å²) in [6, 6.07) is 38.7. The van der Waals surface area contributed by atoms with Crippen molar-refractivity contribution in [3.8, 4) is 5.75 Å². The van der Waals surface area contributed by atoms with Gasteiger partial charge in [0.25, 0.3) is 0 Å². The van der Waals surface area contributed by atoms with Crippen LogP contribution in [0.3, 0.4) is 0 Å². The van der Waals surface area contributed by atoms with E-state index in [2.05, 4.69) is 71.7 Å². The molecule has 0 aliphatic carbocycles. The summed E-state index contributed by atoms with van der Waals surface area (Å²) in [5, 5.41) is 13.1. The average Bonchev–Trinajstić information content (AvgIpc) is 3.41. The number of fused-ring (bicyclic) bond motifs is 2. The molecule has 0 amide bonds. The molecule has 6 rings (SSSR count). The molecule has 4 nitrogen and oxygen atoms in total. The normalized spacial score (nSPS) is 11.6. The van der Waals surface area contributed by atoms with Crippen LogP contribution in [0.4, 0.5) is 0 Å². The zero-order valence-electron chi connectivity index (χ0n) is 23.2. The zero-order valence-corrected chi connectivity index (χ0v) is 23.2. The molecule has 5 aromatic carbocycles. The van der Waals surface area contributed by atoms with E-state index in [1.54, 1.807) is 0 Å². The molecule has 0 spiro atoms. The number of H-pyrrole nitrogens is 1. The lowest BCUT2D eigenvalue weighted by molar-refractivity contribution is 0.0690. The Kier molecular flexibility index (Phi) is 7.96. The van der Waals surface area contributed by atoms with Crippen LogP contribution >= 0.6 is 0 Å². The fourth-order valence-electron chi connectivity index (χ4n) is 5.34. The molecule has 0 fully saturated rings. The van der Waals surface area contributed by atoms with Crippen LogP contribution in [0.2, 0.25) is 0 Å². The molecular formula is C38H31NO3. The van der Waals surface area contributed by atoms with Gasteiger partial charge in [-0.1, -0.05) is 127 Å². The number of hydrogen-bond acceptors (Lipinski definition) is 2. The largest absolute Gasteiger partial charge is 0.493 e. The maximum atomic E-state index is 12.2. The smallest absolute Gasteiger partial charge is 0.352 e. The first kappa shape index (κ1) is 26.9. The average molecular weight is 550 g/mol. The van der Waals surface area contributed by atoms with Crippen molar-refractivity contribution in [1.82, 2.24) is 4.98 Å². The highest BCUT2D eigenvalue weighted by Gasteiger charge is 2.18. The number of carboxylic acid groups (broad SMARTS) is 1. The third-order valence-corrected chi connectivity index (χ3v) is 7.40. The number of benzene rings is 5. The van der Waals surface area contributed by atoms with E-state index in [0.717, 1.165) is 55.2 Å². The molecule has 1 heterocycles. The van der Waals surface area contributed by atoms with Crippen LogP contribution in [0, 0.1) is 0 Å². The molecule has 0 aliphatic heterocycles. The van der Waals surface area contributed by atoms with Crippen molar-refractivity contribution in [2.24, 2.45) is 0 Å². The van der Waals surface area contributed by atoms with Gasteiger partial charge in [0, 0.05) is 10.8 Å². The highest BCUT2D eigenvalue weighted by Crippen LogP contribution is 2.29. The van der Waals surface area contributed by atoms with Crippen molar-refractivity contribution in [1.29, 1.82) is 0 Å². The summed E-state index contributed by atoms with van der Waals surface area (Å²) >= 11 is 0. The number of nitrogens with one attached hydrogen (secondary N) is 1. The number of carboxylic acids is 1. The van der Waals surface area contributed by atoms with E-state index in [-0.39, 0.29) is 5.69 Å². The Morgan fingerprint density at radius 1 is 0.690 bits per heavy atom. The SMILES string of the molecule is O=C(O)c1[nH]c2c(/C=C/c3cccc(/C=C/c4ccccc4)c3)cccc2c1CCCOc1cccc2ccccc12. The van der Waals surface area contributed by atoms with E-state index >= 15 is 0 Å². The van der Waals surface area contributed by atoms with Crippen LogP contribution in [-0.2, 0) is 6.42 Å². The number of ether oxygens (including phenoxy) is 1. The second kappa shape index (κ2) is 12.4. The van der Waals surface area contributed by atoms with E-state index in [1.807, 2.05) is 72.8 Å². The summed E-state index contributed by atoms with van der Waals surface area (Å²) < 4.78 is 6.12. The van der Waals surface area contributed by atoms with Crippen molar-refractivity contribution in [2.75, 3.05) is 6.61 Å². The molecule has 2 N–H and O–H groups in total. The lowest BCUT2D eigenvalue weighted by atomic mass is 10.0. The molecule has 0 atom stereocenters. The van der Waals surface area contributed by atoms with Gasteiger partial charge in [0.1, 0.15) is 11.4 Å². The molecule has 4 heteroatoms. The van der Waals surface area contributed by atoms with E-state index in [0.29, 0.717) is 19.4 Å². The molecule has 206 valence electrons. The molecule has 42 heavy (non-hydrogen) atoms. The van der Waals surface area contributed by atoms with Gasteiger partial charge in [0.2, 0.25) is 0 Å². The van der Waals surface area contributed by atoms with E-state index < -0.39 is 5.97 Å². The van der Waals surface area contributed by atoms with E-state index in [4.69, 9.17) is 4.74 Å². The number of aromatic nitrogens is 1. The van der Waals surface area contributed by atoms with Crippen molar-refractivity contribution in [3.63, 3.8) is 0 Å². The van der Waals surface area contributed by atoms with Gasteiger partial charge in [0.15, 0.2) is 0 Å². The first-order valence-corrected chi connectivity index (χ1v) is 14.1. The Morgan fingerprint density at radius 3 is 2.17 bits per heavy atom. The topological polar surface area (TPSA) is 62.3 Å². The minimum Gasteiger partial charge on any atom is -0.493 e. The maximum absolute atomic E-state index is 12.2. The van der Waals surface area contributed by atoms with Crippen molar-refractivity contribution >= 4 is 51.9 Å². The van der Waals surface area contributed by atoms with Crippen LogP contribution in [0.5, 0.6) is 5.75 Å². The fraction of sp³-hybridized carbons (Fsp3) is 0.0789. The third-order valence-electron chi connectivity index (χ3n) is 7.40. The fourth-order valence-corrected chi connectivity index (χ4v) is 5.34. The predicted octanol–water partition coefficient (Wildman–Crippen LogP) is 9.37. The van der Waals surface area contributed by atoms with E-state index in [1.165, 1.54) is 0 Å². The Morgan fingerprint density at radius 2 is 1.33 bits per heavy atom. The van der Waals surface area contributed by atoms with Gasteiger partial charge in [-0.15, -0.1) is 0 Å². The van der Waals surface area contributed by atoms with Crippen molar-refractivity contribution in [2.45, 2.75) is 12.8 Å². The minimum atomic E-state index is -0.955. The number of aromatic carboxylic acids is 1. The summed E-state index contributed by atoms with van der Waals surface area (Å²) in [7, 11) is 0. The van der Waals surface area contributed by atoms with Gasteiger partial charge in [-0.25, -0.2) is 4.79 Å². The monoisotopic (exact) mass is 549 g/mol. The maximum Gasteiger partial charge on any atom is 0.352 e. The van der Waals surface area contributed by atoms with Crippen LogP contribution in [0.1, 0.15) is 44.7 Å². The number of aryl methyl sites for hydroxylation is 1. The molecule has 0 radical (unpaired) electrons. The second-order valence-electron chi connectivity index (χ2n) is 10.2. The molecule has 0 aliphatic rings. The first-order chi connectivity index (χ1) is 20.7. The highest BCUT2D eigenvalue weighted by atomic mass is 16.5. The molecular weight excluding hydrogens is 518 g/mol. The predicted molar refractivity (Wildman–Crippen MR) is 174 cm³/mol. The Hall–Kier alpha value is -5.35. The van der Waals surface area contributed by atoms with Crippen LogP contribution in [0.25, 0.3) is 46.0 Å². The Labute approximate surface area is 245 Å². The Bertz CT molecular complexity index is 1910. The van der Waals surface area contributed by atoms with Crippen molar-refractivity contribution in [3.05, 3.63) is 149 Å². The number of hydrogen-bond donors (Lipinski definition) is 2. The lowest BCUT2D eigenvalue weighted by Crippen LogP contribution is -2.04. The van der Waals surface area contributed by atoms with Gasteiger partial charge in [-0.2, -0.15) is 0 Å². The summed E-state index contributed by atoms with van der Waals surface area (Å²) in [5.74, 6) is -0.110. The summed E-state index contributed by atoms with van der Waals surface area (Å²) in [4.78, 5) is 15.4. The number of carbonyl (C=O) groups is 1. The van der Waals surface area contributed by atoms with Crippen LogP contribution in [0.15, 0.2) is 115 Å². The molecule has 0 bridgehead atoms. The zero-order chi connectivity index (χ0) is 28.7. The first-order valence-electron chi connectivity index (χ1n) is 14.1. The second-order valence-corrected chi connectivity index (χ2v) is 10.2. The Balaban J connectivity index is 1.19. The van der Waals surface area contributed by atoms with Crippen LogP contribution < -0.4 is 4.74 Å². The van der Waals surface area contributed by atoms with Crippen LogP contribution in [-0.4, -0.2) is 22.7 Å². The van der Waals surface area contributed by atoms with E-state index in [9.17, 15) is 9.90 Å². The van der Waals surface area contributed by atoms with Gasteiger partial charge in [-0.3, -0.25) is 0 Å². The summed E-state index contributed by atoms with van der Waals surface area (Å²) in [6.45, 7) is 0.494. The number of para-hydroxylation sites is 1. The number of rotatable bonds is 10. The summed E-state index contributed by atoms with van der Waals surface area (Å²) in [6.07, 6.45) is 9.60. The molecule has 0 saturated carbocycles. The molecule has 6 aromatic rings. The third kappa shape index (κ3) is 6.03. The number of aromatic amines is 1. The van der Waals surface area contributed by atoms with Gasteiger partial charge < -0.3 is 14.8 Å². The lowest BCUT2D eigenvalue weighted by Gasteiger charge is -2.09. The standard InChI is InChI=1S/C38H31NO3/c40-38(41)37-34(19-9-25-42-35-20-8-15-30-14-4-5-17-32(30)35)33-18-7-16-31(36(33)39-37)24-23-29-13-6-12-28(26-29)22-21-27-10-2-1-3-11-27/h1-8,10-18,20-24,26,39H,9,19,25H2,(H,40,41)/b22-21+,24-23+. The van der Waals surface area contributed by atoms with Gasteiger partial charge in [-0.05, 0) is 58.2 Å². The van der Waals surface area contributed by atoms with Gasteiger partial charge >= 0.3 is 5.97 Å². The van der Waals surface area contributed by atoms with Crippen molar-refractivity contribution < 1.29 is 14.6 Å². The minimum absolute atomic E-state index is 0.240. The molecule has 1 aromatic heterocycles. The quantitative estimate of drug-likeness (QED) is 0.132. The van der Waals surface area contributed by atoms with Gasteiger partial charge in [0.05, 0.1) is 12.1 Å². The molecule has 0 unspecified atom stereocenters. The summed E-state index contributed by atoms with van der Waals surface area (Å²) in [5.41, 5.74) is 6.15. The highest BCUT2D eigenvalue weighted by molar-refractivity contribution is 6.01. The molecule has 0 saturated heterocycles.